The van der Waals surface area contributed by atoms with Gasteiger partial charge in [0, 0.05) is 19.4 Å². The molecule has 3 rings (SSSR count). The van der Waals surface area contributed by atoms with E-state index >= 15 is 0 Å². The summed E-state index contributed by atoms with van der Waals surface area (Å²) in [5, 5.41) is 3.54. The summed E-state index contributed by atoms with van der Waals surface area (Å²) in [4.78, 5) is 33.6. The molecule has 0 unspecified atom stereocenters. The number of hydrogen-bond donors (Lipinski definition) is 2. The molecule has 140 valence electrons. The second-order valence-electron chi connectivity index (χ2n) is 6.72. The van der Waals surface area contributed by atoms with E-state index in [2.05, 4.69) is 32.3 Å². The summed E-state index contributed by atoms with van der Waals surface area (Å²) in [5.41, 5.74) is 1.63. The van der Waals surface area contributed by atoms with Gasteiger partial charge in [-0.25, -0.2) is 4.98 Å². The van der Waals surface area contributed by atoms with Gasteiger partial charge in [-0.2, -0.15) is 0 Å². The Morgan fingerprint density at radius 3 is 2.56 bits per heavy atom. The van der Waals surface area contributed by atoms with Gasteiger partial charge in [-0.15, -0.1) is 0 Å². The van der Waals surface area contributed by atoms with Crippen LogP contribution in [0.5, 0.6) is 0 Å². The van der Waals surface area contributed by atoms with Crippen molar-refractivity contribution in [2.24, 2.45) is 0 Å². The zero-order chi connectivity index (χ0) is 19.2. The number of aryl methyl sites for hydroxylation is 1. The number of likely N-dealkylation sites (N-methyl/N-ethyl adjacent to an activating group) is 1. The molecule has 1 amide bonds. The van der Waals surface area contributed by atoms with E-state index in [9.17, 15) is 9.59 Å². The summed E-state index contributed by atoms with van der Waals surface area (Å²) in [6.07, 6.45) is 0.667. The number of nitrogens with zero attached hydrogens (tertiary/aromatic N) is 2. The van der Waals surface area contributed by atoms with Gasteiger partial charge < -0.3 is 15.2 Å². The molecule has 3 aromatic rings. The number of nitrogens with one attached hydrogen (secondary N) is 2. The monoisotopic (exact) mass is 364 g/mol. The van der Waals surface area contributed by atoms with Crippen LogP contribution in [-0.2, 0) is 11.2 Å². The summed E-state index contributed by atoms with van der Waals surface area (Å²) < 4.78 is 0. The average Bonchev–Trinajstić information content (AvgIpc) is 2.67. The van der Waals surface area contributed by atoms with Crippen molar-refractivity contribution in [1.82, 2.24) is 20.2 Å². The SMILES string of the molecule is CN(C)[C@@H](CNC(=O)CCc1nc2ccccc2c(=O)[nH]1)c1ccccc1. The molecular formula is C21H24N4O2. The van der Waals surface area contributed by atoms with Gasteiger partial charge in [-0.05, 0) is 31.8 Å². The molecule has 0 aliphatic heterocycles. The lowest BCUT2D eigenvalue weighted by Crippen LogP contribution is -2.34. The number of aromatic nitrogens is 2. The molecule has 0 saturated heterocycles. The van der Waals surface area contributed by atoms with Crippen LogP contribution in [0.1, 0.15) is 23.9 Å². The lowest BCUT2D eigenvalue weighted by molar-refractivity contribution is -0.121. The fourth-order valence-electron chi connectivity index (χ4n) is 3.06. The summed E-state index contributed by atoms with van der Waals surface area (Å²) in [6.45, 7) is 0.525. The minimum Gasteiger partial charge on any atom is -0.354 e. The van der Waals surface area contributed by atoms with E-state index in [1.54, 1.807) is 18.2 Å². The number of hydrogen-bond acceptors (Lipinski definition) is 4. The van der Waals surface area contributed by atoms with Gasteiger partial charge in [-0.3, -0.25) is 9.59 Å². The van der Waals surface area contributed by atoms with Crippen LogP contribution >= 0.6 is 0 Å². The quantitative estimate of drug-likeness (QED) is 0.674. The van der Waals surface area contributed by atoms with Crippen molar-refractivity contribution in [2.75, 3.05) is 20.6 Å². The van der Waals surface area contributed by atoms with Crippen LogP contribution in [0.15, 0.2) is 59.4 Å². The first-order valence-corrected chi connectivity index (χ1v) is 9.00. The lowest BCUT2D eigenvalue weighted by atomic mass is 10.1. The predicted octanol–water partition coefficient (Wildman–Crippen LogP) is 2.27. The number of para-hydroxylation sites is 1. The smallest absolute Gasteiger partial charge is 0.258 e. The Balaban J connectivity index is 1.59. The molecule has 1 aromatic heterocycles. The van der Waals surface area contributed by atoms with E-state index in [1.807, 2.05) is 38.4 Å². The zero-order valence-electron chi connectivity index (χ0n) is 15.6. The molecule has 0 saturated carbocycles. The maximum absolute atomic E-state index is 12.3. The van der Waals surface area contributed by atoms with E-state index in [1.165, 1.54) is 0 Å². The normalized spacial score (nSPS) is 12.3. The number of carbonyl (C=O) groups excluding carboxylic acids is 1. The van der Waals surface area contributed by atoms with Gasteiger partial charge in [0.25, 0.3) is 5.56 Å². The Labute approximate surface area is 158 Å². The van der Waals surface area contributed by atoms with Crippen LogP contribution in [0.4, 0.5) is 0 Å². The molecule has 0 bridgehead atoms. The van der Waals surface area contributed by atoms with Crippen LogP contribution in [0.2, 0.25) is 0 Å². The van der Waals surface area contributed by atoms with Crippen LogP contribution in [0.3, 0.4) is 0 Å². The Morgan fingerprint density at radius 2 is 1.81 bits per heavy atom. The largest absolute Gasteiger partial charge is 0.354 e. The molecule has 1 atom stereocenters. The molecule has 0 spiro atoms. The fourth-order valence-corrected chi connectivity index (χ4v) is 3.06. The second-order valence-corrected chi connectivity index (χ2v) is 6.72. The van der Waals surface area contributed by atoms with E-state index < -0.39 is 0 Å². The molecule has 6 nitrogen and oxygen atoms in total. The lowest BCUT2D eigenvalue weighted by Gasteiger charge is -2.25. The first kappa shape index (κ1) is 18.8. The minimum absolute atomic E-state index is 0.0615. The third-order valence-electron chi connectivity index (χ3n) is 4.55. The van der Waals surface area contributed by atoms with Gasteiger partial charge in [0.15, 0.2) is 0 Å². The summed E-state index contributed by atoms with van der Waals surface area (Å²) >= 11 is 0. The molecule has 27 heavy (non-hydrogen) atoms. The zero-order valence-corrected chi connectivity index (χ0v) is 15.6. The molecule has 0 aliphatic carbocycles. The second kappa shape index (κ2) is 8.60. The van der Waals surface area contributed by atoms with Crippen molar-refractivity contribution in [3.05, 3.63) is 76.3 Å². The van der Waals surface area contributed by atoms with E-state index in [0.29, 0.717) is 29.7 Å². The summed E-state index contributed by atoms with van der Waals surface area (Å²) in [6, 6.07) is 17.4. The van der Waals surface area contributed by atoms with Crippen LogP contribution < -0.4 is 10.9 Å². The summed E-state index contributed by atoms with van der Waals surface area (Å²) in [5.74, 6) is 0.467. The molecule has 0 radical (unpaired) electrons. The molecule has 1 heterocycles. The number of carbonyl (C=O) groups is 1. The number of H-pyrrole nitrogens is 1. The Morgan fingerprint density at radius 1 is 1.11 bits per heavy atom. The van der Waals surface area contributed by atoms with Crippen LogP contribution in [-0.4, -0.2) is 41.4 Å². The topological polar surface area (TPSA) is 78.1 Å². The first-order chi connectivity index (χ1) is 13.0. The van der Waals surface area contributed by atoms with Gasteiger partial charge in [0.05, 0.1) is 16.9 Å². The van der Waals surface area contributed by atoms with Gasteiger partial charge in [0.2, 0.25) is 5.91 Å². The van der Waals surface area contributed by atoms with Crippen LogP contribution in [0, 0.1) is 0 Å². The van der Waals surface area contributed by atoms with Crippen molar-refractivity contribution >= 4 is 16.8 Å². The molecule has 0 aliphatic rings. The van der Waals surface area contributed by atoms with E-state index in [4.69, 9.17) is 0 Å². The first-order valence-electron chi connectivity index (χ1n) is 9.00. The minimum atomic E-state index is -0.173. The van der Waals surface area contributed by atoms with E-state index in [-0.39, 0.29) is 23.9 Å². The Bertz CT molecular complexity index is 967. The van der Waals surface area contributed by atoms with Crippen molar-refractivity contribution in [3.63, 3.8) is 0 Å². The summed E-state index contributed by atoms with van der Waals surface area (Å²) in [7, 11) is 3.99. The van der Waals surface area contributed by atoms with Crippen molar-refractivity contribution in [3.8, 4) is 0 Å². The third-order valence-corrected chi connectivity index (χ3v) is 4.55. The number of benzene rings is 2. The number of fused-ring (bicyclic) bond motifs is 1. The average molecular weight is 364 g/mol. The number of amides is 1. The molecule has 2 aromatic carbocycles. The van der Waals surface area contributed by atoms with Crippen molar-refractivity contribution in [1.29, 1.82) is 0 Å². The Kier molecular flexibility index (Phi) is 5.98. The highest BCUT2D eigenvalue weighted by Gasteiger charge is 2.15. The highest BCUT2D eigenvalue weighted by molar-refractivity contribution is 5.78. The van der Waals surface area contributed by atoms with E-state index in [0.717, 1.165) is 5.56 Å². The van der Waals surface area contributed by atoms with Gasteiger partial charge in [0.1, 0.15) is 5.82 Å². The maximum Gasteiger partial charge on any atom is 0.258 e. The standard InChI is InChI=1S/C21H24N4O2/c1-25(2)18(15-8-4-3-5-9-15)14-22-20(26)13-12-19-23-17-11-7-6-10-16(17)21(27)24-19/h3-11,18H,12-14H2,1-2H3,(H,22,26)(H,23,24,27)/t18-/m0/s1. The van der Waals surface area contributed by atoms with Crippen molar-refractivity contribution < 1.29 is 4.79 Å². The number of aromatic amines is 1. The van der Waals surface area contributed by atoms with Crippen molar-refractivity contribution in [2.45, 2.75) is 18.9 Å². The molecule has 0 fully saturated rings. The maximum atomic E-state index is 12.3. The number of rotatable bonds is 7. The molecule has 6 heteroatoms. The highest BCUT2D eigenvalue weighted by Crippen LogP contribution is 2.16. The molecule has 2 N–H and O–H groups in total. The van der Waals surface area contributed by atoms with Gasteiger partial charge >= 0.3 is 0 Å². The predicted molar refractivity (Wildman–Crippen MR) is 107 cm³/mol. The Hall–Kier alpha value is -2.99. The molecular weight excluding hydrogens is 340 g/mol. The van der Waals surface area contributed by atoms with Gasteiger partial charge in [-0.1, -0.05) is 42.5 Å². The van der Waals surface area contributed by atoms with Crippen LogP contribution in [0.25, 0.3) is 10.9 Å². The third kappa shape index (κ3) is 4.80. The fraction of sp³-hybridized carbons (Fsp3) is 0.286. The highest BCUT2D eigenvalue weighted by atomic mass is 16.1.